The second-order valence-electron chi connectivity index (χ2n) is 12.4. The fourth-order valence-corrected chi connectivity index (χ4v) is 7.55. The Bertz CT molecular complexity index is 535. The van der Waals surface area contributed by atoms with Crippen LogP contribution in [-0.4, -0.2) is 56.0 Å². The first-order valence-electron chi connectivity index (χ1n) is 17.3. The van der Waals surface area contributed by atoms with Crippen molar-refractivity contribution in [2.75, 3.05) is 40.4 Å². The number of unbranched alkanes of at least 4 members (excludes halogenated alkanes) is 20. The Labute approximate surface area is 245 Å². The third-order valence-corrected chi connectivity index (χ3v) is 10.6. The van der Waals surface area contributed by atoms with Crippen LogP contribution in [0.1, 0.15) is 168 Å². The van der Waals surface area contributed by atoms with Crippen molar-refractivity contribution >= 4 is 7.75 Å². The lowest BCUT2D eigenvalue weighted by atomic mass is 10.1. The predicted octanol–water partition coefficient (Wildman–Crippen LogP) is 10.8. The largest absolute Gasteiger partial charge is 0.408 e. The first-order valence-corrected chi connectivity index (χ1v) is 18.8. The van der Waals surface area contributed by atoms with Crippen LogP contribution in [-0.2, 0) is 13.6 Å². The maximum absolute atomic E-state index is 13.9. The van der Waals surface area contributed by atoms with E-state index >= 15 is 0 Å². The highest BCUT2D eigenvalue weighted by molar-refractivity contribution is 7.51. The van der Waals surface area contributed by atoms with E-state index in [-0.39, 0.29) is 0 Å². The van der Waals surface area contributed by atoms with Crippen LogP contribution < -0.4 is 0 Å². The van der Waals surface area contributed by atoms with Crippen LogP contribution >= 0.6 is 7.75 Å². The molecule has 1 aliphatic rings. The zero-order valence-electron chi connectivity index (χ0n) is 26.9. The fraction of sp³-hybridized carbons (Fsp3) is 1.00. The van der Waals surface area contributed by atoms with Crippen molar-refractivity contribution in [1.82, 2.24) is 9.57 Å². The molecule has 0 saturated carbocycles. The van der Waals surface area contributed by atoms with Gasteiger partial charge in [-0.05, 0) is 39.8 Å². The molecular weight excluding hydrogens is 503 g/mol. The first-order chi connectivity index (χ1) is 19.0. The van der Waals surface area contributed by atoms with Crippen LogP contribution in [0, 0.1) is 0 Å². The topological polar surface area (TPSA) is 42.0 Å². The Balaban J connectivity index is 2.24. The van der Waals surface area contributed by atoms with E-state index in [2.05, 4.69) is 32.8 Å². The van der Waals surface area contributed by atoms with Crippen molar-refractivity contribution in [3.63, 3.8) is 0 Å². The molecule has 0 aromatic carbocycles. The van der Waals surface area contributed by atoms with Crippen molar-refractivity contribution in [3.8, 4) is 0 Å². The highest BCUT2D eigenvalue weighted by Crippen LogP contribution is 2.53. The van der Waals surface area contributed by atoms with Gasteiger partial charge in [-0.15, -0.1) is 0 Å². The average Bonchev–Trinajstić information content (AvgIpc) is 2.94. The molecule has 0 aliphatic carbocycles. The van der Waals surface area contributed by atoms with Gasteiger partial charge in [0.25, 0.3) is 0 Å². The first kappa shape index (κ1) is 37.1. The van der Waals surface area contributed by atoms with E-state index in [1.165, 1.54) is 116 Å². The molecule has 6 heteroatoms. The van der Waals surface area contributed by atoms with Crippen LogP contribution in [0.3, 0.4) is 0 Å². The minimum atomic E-state index is -3.20. The molecule has 1 fully saturated rings. The minimum Gasteiger partial charge on any atom is -0.306 e. The summed E-state index contributed by atoms with van der Waals surface area (Å²) < 4.78 is 28.1. The summed E-state index contributed by atoms with van der Waals surface area (Å²) in [5.41, 5.74) is 0. The normalized spacial score (nSPS) is 15.5. The predicted molar refractivity (Wildman–Crippen MR) is 171 cm³/mol. The van der Waals surface area contributed by atoms with Gasteiger partial charge in [0.05, 0.1) is 13.2 Å². The molecule has 39 heavy (non-hydrogen) atoms. The number of piperidine rings is 1. The summed E-state index contributed by atoms with van der Waals surface area (Å²) in [6.45, 7) is 7.27. The van der Waals surface area contributed by atoms with Crippen molar-refractivity contribution in [2.45, 2.75) is 174 Å². The third-order valence-electron chi connectivity index (χ3n) is 8.52. The highest BCUT2D eigenvalue weighted by Gasteiger charge is 2.36. The summed E-state index contributed by atoms with van der Waals surface area (Å²) >= 11 is 0. The molecule has 1 heterocycles. The molecule has 0 aromatic heterocycles. The Kier molecular flexibility index (Phi) is 24.5. The van der Waals surface area contributed by atoms with Gasteiger partial charge in [-0.1, -0.05) is 142 Å². The highest BCUT2D eigenvalue weighted by atomic mass is 31.2. The van der Waals surface area contributed by atoms with Gasteiger partial charge in [0, 0.05) is 19.1 Å². The lowest BCUT2D eigenvalue weighted by molar-refractivity contribution is 0.123. The molecule has 0 N–H and O–H groups in total. The van der Waals surface area contributed by atoms with Crippen molar-refractivity contribution < 1.29 is 13.6 Å². The van der Waals surface area contributed by atoms with Crippen LogP contribution in [0.4, 0.5) is 0 Å². The maximum Gasteiger partial charge on any atom is 0.408 e. The molecule has 1 rings (SSSR count). The Morgan fingerprint density at radius 2 is 0.872 bits per heavy atom. The Morgan fingerprint density at radius 1 is 0.564 bits per heavy atom. The Hall–Kier alpha value is 0.0700. The van der Waals surface area contributed by atoms with Crippen LogP contribution in [0.2, 0.25) is 0 Å². The quantitative estimate of drug-likeness (QED) is 0.0689. The van der Waals surface area contributed by atoms with Crippen molar-refractivity contribution in [3.05, 3.63) is 0 Å². The monoisotopic (exact) mass is 573 g/mol. The lowest BCUT2D eigenvalue weighted by Crippen LogP contribution is -2.41. The summed E-state index contributed by atoms with van der Waals surface area (Å²) in [6.07, 6.45) is 30.8. The van der Waals surface area contributed by atoms with E-state index in [1.807, 2.05) is 4.67 Å². The summed E-state index contributed by atoms with van der Waals surface area (Å²) in [6, 6.07) is 0.563. The molecule has 0 radical (unpaired) electrons. The molecule has 5 nitrogen and oxygen atoms in total. The van der Waals surface area contributed by atoms with Gasteiger partial charge in [-0.2, -0.15) is 0 Å². The van der Waals surface area contributed by atoms with Crippen LogP contribution in [0.25, 0.3) is 0 Å². The molecule has 0 spiro atoms. The van der Waals surface area contributed by atoms with Gasteiger partial charge in [0.15, 0.2) is 0 Å². The second kappa shape index (κ2) is 25.8. The standard InChI is InChI=1S/C33H69N2O3P/c1-5-7-9-11-13-15-17-19-21-23-25-31-37-39(36,35-29-27-33(28-30-35)34(3)4)38-32-26-24-22-20-18-16-14-12-10-8-6-2/h33H,5-32H2,1-4H3. The molecule has 0 aromatic rings. The van der Waals surface area contributed by atoms with E-state index in [1.54, 1.807) is 0 Å². The van der Waals surface area contributed by atoms with E-state index in [9.17, 15) is 4.57 Å². The van der Waals surface area contributed by atoms with Gasteiger partial charge in [-0.25, -0.2) is 9.24 Å². The zero-order valence-corrected chi connectivity index (χ0v) is 27.8. The summed E-state index contributed by atoms with van der Waals surface area (Å²) in [4.78, 5) is 2.29. The second-order valence-corrected chi connectivity index (χ2v) is 14.4. The molecule has 1 aliphatic heterocycles. The maximum atomic E-state index is 13.9. The van der Waals surface area contributed by atoms with Crippen molar-refractivity contribution in [1.29, 1.82) is 0 Å². The van der Waals surface area contributed by atoms with Crippen molar-refractivity contribution in [2.24, 2.45) is 0 Å². The summed E-state index contributed by atoms with van der Waals surface area (Å²) in [7, 11) is 1.09. The molecular formula is C33H69N2O3P. The summed E-state index contributed by atoms with van der Waals surface area (Å²) in [5.74, 6) is 0. The molecule has 1 saturated heterocycles. The lowest BCUT2D eigenvalue weighted by Gasteiger charge is -2.37. The van der Waals surface area contributed by atoms with Gasteiger partial charge in [0.2, 0.25) is 0 Å². The van der Waals surface area contributed by atoms with Crippen LogP contribution in [0.15, 0.2) is 0 Å². The molecule has 0 atom stereocenters. The zero-order chi connectivity index (χ0) is 28.4. The number of hydrogen-bond donors (Lipinski definition) is 0. The smallest absolute Gasteiger partial charge is 0.306 e. The van der Waals surface area contributed by atoms with E-state index in [4.69, 9.17) is 9.05 Å². The van der Waals surface area contributed by atoms with Gasteiger partial charge in [-0.3, -0.25) is 9.05 Å². The Morgan fingerprint density at radius 3 is 1.18 bits per heavy atom. The van der Waals surface area contributed by atoms with Gasteiger partial charge < -0.3 is 4.90 Å². The average molecular weight is 573 g/mol. The molecule has 0 bridgehead atoms. The van der Waals surface area contributed by atoms with Gasteiger partial charge >= 0.3 is 7.75 Å². The molecule has 234 valence electrons. The van der Waals surface area contributed by atoms with E-state index in [0.29, 0.717) is 19.3 Å². The van der Waals surface area contributed by atoms with E-state index < -0.39 is 7.75 Å². The summed E-state index contributed by atoms with van der Waals surface area (Å²) in [5, 5.41) is 0. The van der Waals surface area contributed by atoms with E-state index in [0.717, 1.165) is 51.6 Å². The molecule has 0 unspecified atom stereocenters. The SMILES string of the molecule is CCCCCCCCCCCCCOP(=O)(OCCCCCCCCCCCCC)N1CCC(N(C)C)CC1. The van der Waals surface area contributed by atoms with Crippen LogP contribution in [0.5, 0.6) is 0 Å². The number of hydrogen-bond acceptors (Lipinski definition) is 4. The molecule has 0 amide bonds. The fourth-order valence-electron chi connectivity index (χ4n) is 5.71. The number of rotatable bonds is 28. The van der Waals surface area contributed by atoms with Gasteiger partial charge in [0.1, 0.15) is 0 Å². The third kappa shape index (κ3) is 19.8. The number of nitrogens with zero attached hydrogens (tertiary/aromatic N) is 2. The minimum absolute atomic E-state index is 0.556.